The number of hydrogen-bond donors (Lipinski definition) is 2. The smallest absolute Gasteiger partial charge is 0.274 e. The average molecular weight is 306 g/mol. The van der Waals surface area contributed by atoms with E-state index in [9.17, 15) is 9.59 Å². The van der Waals surface area contributed by atoms with Crippen LogP contribution < -0.4 is 10.9 Å². The number of rotatable bonds is 4. The number of hydrogen-bond acceptors (Lipinski definition) is 5. The van der Waals surface area contributed by atoms with Gasteiger partial charge < -0.3 is 5.32 Å². The number of H-pyrrole nitrogens is 1. The van der Waals surface area contributed by atoms with Crippen molar-refractivity contribution in [1.82, 2.24) is 20.5 Å². The quantitative estimate of drug-likeness (QED) is 0.899. The van der Waals surface area contributed by atoms with Gasteiger partial charge in [0.05, 0.1) is 17.0 Å². The largest absolute Gasteiger partial charge is 0.354 e. The molecule has 0 radical (unpaired) electrons. The summed E-state index contributed by atoms with van der Waals surface area (Å²) < 4.78 is 0. The highest BCUT2D eigenvalue weighted by molar-refractivity contribution is 7.17. The van der Waals surface area contributed by atoms with E-state index in [0.29, 0.717) is 27.6 Å². The summed E-state index contributed by atoms with van der Waals surface area (Å²) in [6.07, 6.45) is 1.43. The molecule has 2 aromatic rings. The summed E-state index contributed by atoms with van der Waals surface area (Å²) in [4.78, 5) is 28.9. The van der Waals surface area contributed by atoms with Gasteiger partial charge in [0.15, 0.2) is 0 Å². The minimum atomic E-state index is -0.263. The maximum Gasteiger partial charge on any atom is 0.274 e. The fraction of sp³-hybridized carbons (Fsp3) is 0.429. The topological polar surface area (TPSA) is 87.7 Å². The van der Waals surface area contributed by atoms with E-state index >= 15 is 0 Å². The molecule has 0 aliphatic heterocycles. The normalized spacial score (nSPS) is 10.7. The molecule has 0 bridgehead atoms. The number of carbonyl (C=O) groups excluding carboxylic acids is 1. The molecule has 1 amide bonds. The third-order valence-electron chi connectivity index (χ3n) is 3.30. The van der Waals surface area contributed by atoms with Crippen molar-refractivity contribution in [3.05, 3.63) is 32.2 Å². The van der Waals surface area contributed by atoms with E-state index in [1.54, 1.807) is 14.0 Å². The van der Waals surface area contributed by atoms with E-state index < -0.39 is 0 Å². The Bertz CT molecular complexity index is 733. The van der Waals surface area contributed by atoms with Gasteiger partial charge in [-0.1, -0.05) is 13.8 Å². The van der Waals surface area contributed by atoms with Crippen LogP contribution >= 0.6 is 11.3 Å². The highest BCUT2D eigenvalue weighted by Crippen LogP contribution is 2.29. The summed E-state index contributed by atoms with van der Waals surface area (Å²) in [5.74, 6) is -0.185. The number of thiazole rings is 1. The van der Waals surface area contributed by atoms with Crippen LogP contribution in [0.3, 0.4) is 0 Å². The number of aromatic amines is 1. The van der Waals surface area contributed by atoms with Crippen molar-refractivity contribution in [2.45, 2.75) is 33.6 Å². The van der Waals surface area contributed by atoms with Crippen LogP contribution in [0.1, 0.15) is 40.5 Å². The van der Waals surface area contributed by atoms with E-state index in [4.69, 9.17) is 0 Å². The van der Waals surface area contributed by atoms with E-state index in [2.05, 4.69) is 20.5 Å². The van der Waals surface area contributed by atoms with E-state index in [1.165, 1.54) is 11.3 Å². The van der Waals surface area contributed by atoms with E-state index in [0.717, 1.165) is 17.7 Å². The van der Waals surface area contributed by atoms with Crippen LogP contribution in [-0.4, -0.2) is 28.1 Å². The Morgan fingerprint density at radius 1 is 1.33 bits per heavy atom. The molecule has 0 unspecified atom stereocenters. The molecule has 7 heteroatoms. The average Bonchev–Trinajstić information content (AvgIpc) is 2.87. The molecule has 2 N–H and O–H groups in total. The number of nitrogens with zero attached hydrogens (tertiary/aromatic N) is 2. The second kappa shape index (κ2) is 6.17. The Kier molecular flexibility index (Phi) is 4.52. The number of amides is 1. The van der Waals surface area contributed by atoms with Crippen LogP contribution in [0.25, 0.3) is 10.6 Å². The van der Waals surface area contributed by atoms with Crippen molar-refractivity contribution < 1.29 is 4.79 Å². The molecule has 2 heterocycles. The molecule has 0 fully saturated rings. The van der Waals surface area contributed by atoms with Crippen molar-refractivity contribution in [2.24, 2.45) is 0 Å². The minimum absolute atomic E-state index is 0.185. The number of nitrogens with one attached hydrogen (secondary N) is 2. The van der Waals surface area contributed by atoms with Gasteiger partial charge in [-0.3, -0.25) is 9.59 Å². The molecule has 6 nitrogen and oxygen atoms in total. The van der Waals surface area contributed by atoms with Crippen LogP contribution in [0.15, 0.2) is 4.79 Å². The predicted molar refractivity (Wildman–Crippen MR) is 82.8 cm³/mol. The predicted octanol–water partition coefficient (Wildman–Crippen LogP) is 1.69. The Morgan fingerprint density at radius 3 is 2.62 bits per heavy atom. The molecule has 0 aromatic carbocycles. The Morgan fingerprint density at radius 2 is 2.05 bits per heavy atom. The molecule has 2 aromatic heterocycles. The van der Waals surface area contributed by atoms with Gasteiger partial charge in [-0.25, -0.2) is 10.1 Å². The highest BCUT2D eigenvalue weighted by Gasteiger charge is 2.20. The van der Waals surface area contributed by atoms with Crippen molar-refractivity contribution in [1.29, 1.82) is 0 Å². The van der Waals surface area contributed by atoms with Crippen LogP contribution in [0.4, 0.5) is 0 Å². The van der Waals surface area contributed by atoms with Crippen LogP contribution in [0.5, 0.6) is 0 Å². The second-order valence-corrected chi connectivity index (χ2v) is 5.57. The summed E-state index contributed by atoms with van der Waals surface area (Å²) in [6, 6.07) is 0. The van der Waals surface area contributed by atoms with Gasteiger partial charge in [0, 0.05) is 7.05 Å². The lowest BCUT2D eigenvalue weighted by molar-refractivity contribution is 0.0966. The van der Waals surface area contributed by atoms with Gasteiger partial charge in [-0.2, -0.15) is 5.10 Å². The highest BCUT2D eigenvalue weighted by atomic mass is 32.1. The van der Waals surface area contributed by atoms with Crippen molar-refractivity contribution in [3.63, 3.8) is 0 Å². The first-order valence-electron chi connectivity index (χ1n) is 6.83. The third-order valence-corrected chi connectivity index (χ3v) is 4.48. The summed E-state index contributed by atoms with van der Waals surface area (Å²) in [7, 11) is 1.58. The zero-order valence-corrected chi connectivity index (χ0v) is 13.3. The van der Waals surface area contributed by atoms with Gasteiger partial charge in [0.1, 0.15) is 9.88 Å². The van der Waals surface area contributed by atoms with Crippen LogP contribution in [0.2, 0.25) is 0 Å². The molecule has 0 aliphatic rings. The Balaban J connectivity index is 2.67. The maximum atomic E-state index is 12.2. The summed E-state index contributed by atoms with van der Waals surface area (Å²) in [5, 5.41) is 9.78. The van der Waals surface area contributed by atoms with Gasteiger partial charge in [0.25, 0.3) is 11.5 Å². The van der Waals surface area contributed by atoms with E-state index in [1.807, 2.05) is 13.8 Å². The first-order valence-corrected chi connectivity index (χ1v) is 7.65. The molecule has 0 spiro atoms. The molecule has 0 aliphatic carbocycles. The van der Waals surface area contributed by atoms with Gasteiger partial charge in [0.2, 0.25) is 0 Å². The SMILES string of the molecule is CCc1n[nH]c(=O)c(-c2nc(C)c(C(=O)NC)s2)c1CC. The Hall–Kier alpha value is -2.02. The number of aryl methyl sites for hydroxylation is 2. The first kappa shape index (κ1) is 15.4. The first-order chi connectivity index (χ1) is 10.0. The molecule has 0 saturated carbocycles. The van der Waals surface area contributed by atoms with Crippen molar-refractivity contribution in [3.8, 4) is 10.6 Å². The fourth-order valence-corrected chi connectivity index (χ4v) is 3.33. The summed E-state index contributed by atoms with van der Waals surface area (Å²) in [6.45, 7) is 5.75. The zero-order chi connectivity index (χ0) is 15.6. The molecule has 21 heavy (non-hydrogen) atoms. The van der Waals surface area contributed by atoms with Crippen LogP contribution in [0, 0.1) is 6.92 Å². The fourth-order valence-electron chi connectivity index (χ4n) is 2.25. The van der Waals surface area contributed by atoms with Gasteiger partial charge in [-0.15, -0.1) is 11.3 Å². The molecule has 112 valence electrons. The van der Waals surface area contributed by atoms with Gasteiger partial charge >= 0.3 is 0 Å². The maximum absolute atomic E-state index is 12.2. The molecular weight excluding hydrogens is 288 g/mol. The van der Waals surface area contributed by atoms with Crippen molar-refractivity contribution in [2.75, 3.05) is 7.05 Å². The molecule has 2 rings (SSSR count). The lowest BCUT2D eigenvalue weighted by atomic mass is 10.0. The lowest BCUT2D eigenvalue weighted by Gasteiger charge is -2.07. The molecular formula is C14H18N4O2S. The molecule has 0 atom stereocenters. The Labute approximate surface area is 126 Å². The van der Waals surface area contributed by atoms with Crippen LogP contribution in [-0.2, 0) is 12.8 Å². The third kappa shape index (κ3) is 2.73. The van der Waals surface area contributed by atoms with E-state index in [-0.39, 0.29) is 11.5 Å². The standard InChI is InChI=1S/C14H18N4O2S/c1-5-8-9(6-2)17-18-12(19)10(8)14-16-7(3)11(21-14)13(20)15-4/h5-6H2,1-4H3,(H,15,20)(H,18,19). The second-order valence-electron chi connectivity index (χ2n) is 4.57. The minimum Gasteiger partial charge on any atom is -0.354 e. The number of aromatic nitrogens is 3. The lowest BCUT2D eigenvalue weighted by Crippen LogP contribution is -2.17. The monoisotopic (exact) mass is 306 g/mol. The zero-order valence-electron chi connectivity index (χ0n) is 12.5. The number of carbonyl (C=O) groups is 1. The summed E-state index contributed by atoms with van der Waals surface area (Å²) >= 11 is 1.24. The van der Waals surface area contributed by atoms with Gasteiger partial charge in [-0.05, 0) is 25.3 Å². The van der Waals surface area contributed by atoms with Crippen molar-refractivity contribution >= 4 is 17.2 Å². The molecule has 0 saturated heterocycles. The summed E-state index contributed by atoms with van der Waals surface area (Å²) in [5.41, 5.74) is 2.67.